The van der Waals surface area contributed by atoms with E-state index in [0.29, 0.717) is 0 Å². The highest BCUT2D eigenvalue weighted by atomic mass is 15.1. The monoisotopic (exact) mass is 238 g/mol. The number of fused-ring (bicyclic) bond motifs is 1. The lowest BCUT2D eigenvalue weighted by molar-refractivity contribution is 0.146. The summed E-state index contributed by atoms with van der Waals surface area (Å²) in [6, 6.07) is 1.61. The molecule has 1 aliphatic carbocycles. The third kappa shape index (κ3) is 3.69. The molecule has 2 aliphatic rings. The summed E-state index contributed by atoms with van der Waals surface area (Å²) in [5.41, 5.74) is 0. The van der Waals surface area contributed by atoms with Gasteiger partial charge in [-0.05, 0) is 51.1 Å². The molecule has 1 aliphatic heterocycles. The second-order valence-electron chi connectivity index (χ2n) is 5.99. The van der Waals surface area contributed by atoms with Gasteiger partial charge in [-0.3, -0.25) is 0 Å². The Hall–Kier alpha value is -0.0800. The zero-order valence-corrected chi connectivity index (χ0v) is 11.8. The predicted molar refractivity (Wildman–Crippen MR) is 74.3 cm³/mol. The Kier molecular flexibility index (Phi) is 5.30. The normalized spacial score (nSPS) is 33.7. The van der Waals surface area contributed by atoms with Crippen molar-refractivity contribution in [2.75, 3.05) is 19.6 Å². The summed E-state index contributed by atoms with van der Waals surface area (Å²) in [7, 11) is 0. The molecular formula is C15H30N2. The number of hydrogen-bond donors (Lipinski definition) is 1. The van der Waals surface area contributed by atoms with Crippen LogP contribution in [0.2, 0.25) is 0 Å². The van der Waals surface area contributed by atoms with Crippen molar-refractivity contribution in [3.05, 3.63) is 0 Å². The molecule has 0 amide bonds. The van der Waals surface area contributed by atoms with Crippen LogP contribution in [0, 0.1) is 5.92 Å². The van der Waals surface area contributed by atoms with Gasteiger partial charge in [-0.2, -0.15) is 0 Å². The van der Waals surface area contributed by atoms with E-state index in [1.165, 1.54) is 64.6 Å². The lowest BCUT2D eigenvalue weighted by atomic mass is 9.78. The average Bonchev–Trinajstić information content (AvgIpc) is 2.38. The number of piperidine rings is 1. The van der Waals surface area contributed by atoms with Crippen LogP contribution in [0.3, 0.4) is 0 Å². The van der Waals surface area contributed by atoms with Crippen molar-refractivity contribution in [3.63, 3.8) is 0 Å². The van der Waals surface area contributed by atoms with Crippen molar-refractivity contribution in [2.24, 2.45) is 5.92 Å². The number of rotatable bonds is 5. The van der Waals surface area contributed by atoms with Crippen LogP contribution < -0.4 is 5.32 Å². The summed E-state index contributed by atoms with van der Waals surface area (Å²) < 4.78 is 0. The Morgan fingerprint density at radius 3 is 2.65 bits per heavy atom. The van der Waals surface area contributed by atoms with Gasteiger partial charge in [0.05, 0.1) is 0 Å². The summed E-state index contributed by atoms with van der Waals surface area (Å²) in [5, 5.41) is 3.94. The fourth-order valence-electron chi connectivity index (χ4n) is 3.72. The van der Waals surface area contributed by atoms with E-state index < -0.39 is 0 Å². The number of hydrogen-bond acceptors (Lipinski definition) is 2. The van der Waals surface area contributed by atoms with Gasteiger partial charge in [-0.15, -0.1) is 0 Å². The largest absolute Gasteiger partial charge is 0.310 e. The van der Waals surface area contributed by atoms with Gasteiger partial charge in [0, 0.05) is 18.6 Å². The van der Waals surface area contributed by atoms with Crippen molar-refractivity contribution in [1.82, 2.24) is 10.2 Å². The first-order valence-corrected chi connectivity index (χ1v) is 7.81. The molecule has 0 aromatic rings. The van der Waals surface area contributed by atoms with Gasteiger partial charge in [0.25, 0.3) is 0 Å². The third-order valence-electron chi connectivity index (χ3n) is 4.71. The van der Waals surface area contributed by atoms with Crippen LogP contribution in [0.5, 0.6) is 0 Å². The molecule has 1 heterocycles. The Bertz CT molecular complexity index is 215. The maximum atomic E-state index is 3.94. The van der Waals surface area contributed by atoms with Gasteiger partial charge in [0.1, 0.15) is 0 Å². The molecule has 0 aromatic carbocycles. The number of nitrogens with one attached hydrogen (secondary N) is 1. The van der Waals surface area contributed by atoms with E-state index in [1.54, 1.807) is 0 Å². The molecule has 2 nitrogen and oxygen atoms in total. The minimum Gasteiger partial charge on any atom is -0.310 e. The highest BCUT2D eigenvalue weighted by Crippen LogP contribution is 2.32. The topological polar surface area (TPSA) is 15.3 Å². The van der Waals surface area contributed by atoms with Crippen molar-refractivity contribution >= 4 is 0 Å². The van der Waals surface area contributed by atoms with Crippen LogP contribution >= 0.6 is 0 Å². The van der Waals surface area contributed by atoms with Crippen LogP contribution in [-0.2, 0) is 0 Å². The summed E-state index contributed by atoms with van der Waals surface area (Å²) in [6.45, 7) is 8.33. The average molecular weight is 238 g/mol. The van der Waals surface area contributed by atoms with E-state index in [-0.39, 0.29) is 0 Å². The van der Waals surface area contributed by atoms with E-state index in [4.69, 9.17) is 0 Å². The number of nitrogens with zero attached hydrogens (tertiary/aromatic N) is 1. The molecule has 1 saturated carbocycles. The first-order valence-electron chi connectivity index (χ1n) is 7.81. The molecular weight excluding hydrogens is 208 g/mol. The Morgan fingerprint density at radius 1 is 1.06 bits per heavy atom. The molecule has 100 valence electrons. The SMILES string of the molecule is CCCN(CC)CC1CCC2CCCCC2N1. The van der Waals surface area contributed by atoms with Crippen LogP contribution in [0.25, 0.3) is 0 Å². The smallest absolute Gasteiger partial charge is 0.0197 e. The fraction of sp³-hybridized carbons (Fsp3) is 1.00. The van der Waals surface area contributed by atoms with Crippen molar-refractivity contribution in [1.29, 1.82) is 0 Å². The molecule has 0 radical (unpaired) electrons. The van der Waals surface area contributed by atoms with Crippen molar-refractivity contribution in [2.45, 2.75) is 70.9 Å². The zero-order chi connectivity index (χ0) is 12.1. The molecule has 0 aromatic heterocycles. The van der Waals surface area contributed by atoms with E-state index in [1.807, 2.05) is 0 Å². The minimum atomic E-state index is 0.765. The van der Waals surface area contributed by atoms with E-state index in [2.05, 4.69) is 24.1 Å². The maximum absolute atomic E-state index is 3.94. The second-order valence-corrected chi connectivity index (χ2v) is 5.99. The van der Waals surface area contributed by atoms with E-state index in [0.717, 1.165) is 18.0 Å². The molecule has 3 unspecified atom stereocenters. The van der Waals surface area contributed by atoms with Gasteiger partial charge in [-0.1, -0.05) is 26.7 Å². The third-order valence-corrected chi connectivity index (χ3v) is 4.71. The molecule has 0 bridgehead atoms. The summed E-state index contributed by atoms with van der Waals surface area (Å²) in [6.07, 6.45) is 10.0. The molecule has 2 heteroatoms. The molecule has 1 saturated heterocycles. The highest BCUT2D eigenvalue weighted by molar-refractivity contribution is 4.90. The molecule has 17 heavy (non-hydrogen) atoms. The summed E-state index contributed by atoms with van der Waals surface area (Å²) in [5.74, 6) is 1.00. The van der Waals surface area contributed by atoms with Crippen LogP contribution in [0.15, 0.2) is 0 Å². The van der Waals surface area contributed by atoms with Crippen LogP contribution in [0.4, 0.5) is 0 Å². The molecule has 1 N–H and O–H groups in total. The van der Waals surface area contributed by atoms with Crippen LogP contribution in [0.1, 0.15) is 58.8 Å². The first kappa shape index (κ1) is 13.4. The van der Waals surface area contributed by atoms with Gasteiger partial charge in [-0.25, -0.2) is 0 Å². The zero-order valence-electron chi connectivity index (χ0n) is 11.8. The Balaban J connectivity index is 1.78. The van der Waals surface area contributed by atoms with Crippen molar-refractivity contribution < 1.29 is 0 Å². The molecule has 0 spiro atoms. The standard InChI is InChI=1S/C15H30N2/c1-3-11-17(4-2)12-14-10-9-13-7-5-6-8-15(13)16-14/h13-16H,3-12H2,1-2H3. The van der Waals surface area contributed by atoms with E-state index >= 15 is 0 Å². The lowest BCUT2D eigenvalue weighted by Crippen LogP contribution is -2.52. The lowest BCUT2D eigenvalue weighted by Gasteiger charge is -2.42. The van der Waals surface area contributed by atoms with Gasteiger partial charge >= 0.3 is 0 Å². The molecule has 2 fully saturated rings. The van der Waals surface area contributed by atoms with E-state index in [9.17, 15) is 0 Å². The Labute approximate surface area is 107 Å². The predicted octanol–water partition coefficient (Wildman–Crippen LogP) is 3.03. The molecule has 3 atom stereocenters. The minimum absolute atomic E-state index is 0.765. The van der Waals surface area contributed by atoms with Gasteiger partial charge in [0.15, 0.2) is 0 Å². The fourth-order valence-corrected chi connectivity index (χ4v) is 3.72. The summed E-state index contributed by atoms with van der Waals surface area (Å²) >= 11 is 0. The van der Waals surface area contributed by atoms with Gasteiger partial charge in [0.2, 0.25) is 0 Å². The number of likely N-dealkylation sites (N-methyl/N-ethyl adjacent to an activating group) is 1. The Morgan fingerprint density at radius 2 is 1.88 bits per heavy atom. The van der Waals surface area contributed by atoms with Crippen LogP contribution in [-0.4, -0.2) is 36.6 Å². The first-order chi connectivity index (χ1) is 8.33. The van der Waals surface area contributed by atoms with Gasteiger partial charge < -0.3 is 10.2 Å². The summed E-state index contributed by atoms with van der Waals surface area (Å²) in [4.78, 5) is 2.61. The second kappa shape index (κ2) is 6.75. The highest BCUT2D eigenvalue weighted by Gasteiger charge is 2.31. The quantitative estimate of drug-likeness (QED) is 0.792. The molecule has 2 rings (SSSR count). The maximum Gasteiger partial charge on any atom is 0.0197 e. The van der Waals surface area contributed by atoms with Crippen molar-refractivity contribution in [3.8, 4) is 0 Å².